The molecule has 0 radical (unpaired) electrons. The van der Waals surface area contributed by atoms with Gasteiger partial charge in [0.15, 0.2) is 0 Å². The van der Waals surface area contributed by atoms with Gasteiger partial charge < -0.3 is 4.90 Å². The Morgan fingerprint density at radius 3 is 2.62 bits per heavy atom. The maximum absolute atomic E-state index is 13.8. The zero-order valence-electron chi connectivity index (χ0n) is 12.4. The van der Waals surface area contributed by atoms with Crippen molar-refractivity contribution < 1.29 is 12.8 Å². The van der Waals surface area contributed by atoms with E-state index in [1.165, 1.54) is 16.4 Å². The van der Waals surface area contributed by atoms with Crippen LogP contribution in [0.3, 0.4) is 0 Å². The summed E-state index contributed by atoms with van der Waals surface area (Å²) in [4.78, 5) is 2.21. The van der Waals surface area contributed by atoms with Crippen molar-refractivity contribution >= 4 is 21.6 Å². The second-order valence-corrected chi connectivity index (χ2v) is 7.73. The minimum absolute atomic E-state index is 0.0473. The predicted molar refractivity (Wildman–Crippen MR) is 81.5 cm³/mol. The molecule has 0 aliphatic carbocycles. The molecular weight excluding hydrogens is 315 g/mol. The van der Waals surface area contributed by atoms with E-state index in [1.54, 1.807) is 6.92 Å². The van der Waals surface area contributed by atoms with Crippen molar-refractivity contribution in [1.29, 1.82) is 0 Å². The smallest absolute Gasteiger partial charge is 0.243 e. The van der Waals surface area contributed by atoms with Gasteiger partial charge in [0, 0.05) is 31.2 Å². The lowest BCUT2D eigenvalue weighted by molar-refractivity contribution is 0.170. The van der Waals surface area contributed by atoms with Crippen LogP contribution in [-0.4, -0.2) is 50.3 Å². The Morgan fingerprint density at radius 1 is 1.38 bits per heavy atom. The van der Waals surface area contributed by atoms with E-state index in [4.69, 9.17) is 11.6 Å². The van der Waals surface area contributed by atoms with Gasteiger partial charge in [-0.15, -0.1) is 11.6 Å². The first-order chi connectivity index (χ1) is 9.77. The molecule has 21 heavy (non-hydrogen) atoms. The number of aryl methyl sites for hydroxylation is 1. The highest BCUT2D eigenvalue weighted by Crippen LogP contribution is 2.25. The van der Waals surface area contributed by atoms with Gasteiger partial charge in [-0.25, -0.2) is 12.8 Å². The first-order valence-corrected chi connectivity index (χ1v) is 8.80. The standard InChI is InChI=1S/C14H20ClFN2O2S/c1-10-6-13(7-12(8-15)14(10)16)21(19,20)18-5-4-17(3)9-11(18)2/h6-7,11H,4-5,8-9H2,1-3H3. The lowest BCUT2D eigenvalue weighted by Gasteiger charge is -2.37. The minimum Gasteiger partial charge on any atom is -0.303 e. The molecule has 0 bridgehead atoms. The Balaban J connectivity index is 2.42. The van der Waals surface area contributed by atoms with Crippen LogP contribution in [0.2, 0.25) is 0 Å². The highest BCUT2D eigenvalue weighted by atomic mass is 35.5. The molecule has 0 N–H and O–H groups in total. The number of rotatable bonds is 3. The van der Waals surface area contributed by atoms with Crippen LogP contribution in [0.15, 0.2) is 17.0 Å². The number of likely N-dealkylation sites (N-methyl/N-ethyl adjacent to an activating group) is 1. The lowest BCUT2D eigenvalue weighted by Crippen LogP contribution is -2.52. The van der Waals surface area contributed by atoms with E-state index in [2.05, 4.69) is 4.90 Å². The highest BCUT2D eigenvalue weighted by Gasteiger charge is 2.33. The summed E-state index contributed by atoms with van der Waals surface area (Å²) in [7, 11) is -1.66. The molecule has 1 saturated heterocycles. The summed E-state index contributed by atoms with van der Waals surface area (Å²) in [5.74, 6) is -0.482. The molecule has 0 spiro atoms. The Morgan fingerprint density at radius 2 is 2.05 bits per heavy atom. The van der Waals surface area contributed by atoms with Gasteiger partial charge in [-0.1, -0.05) is 0 Å². The number of alkyl halides is 1. The summed E-state index contributed by atoms with van der Waals surface area (Å²) in [6.07, 6.45) is 0. The van der Waals surface area contributed by atoms with E-state index in [0.717, 1.165) is 0 Å². The Labute approximate surface area is 130 Å². The SMILES string of the molecule is Cc1cc(S(=O)(=O)N2CCN(C)CC2C)cc(CCl)c1F. The fourth-order valence-corrected chi connectivity index (χ4v) is 4.61. The Hall–Kier alpha value is -0.690. The normalized spacial score (nSPS) is 21.7. The number of halogens is 2. The molecule has 1 heterocycles. The Kier molecular flexibility index (Phi) is 4.92. The largest absolute Gasteiger partial charge is 0.303 e. The van der Waals surface area contributed by atoms with Gasteiger partial charge in [0.1, 0.15) is 5.82 Å². The Bertz CT molecular complexity index is 636. The van der Waals surface area contributed by atoms with Crippen LogP contribution in [0.4, 0.5) is 4.39 Å². The maximum Gasteiger partial charge on any atom is 0.243 e. The predicted octanol–water partition coefficient (Wildman–Crippen LogP) is 2.20. The van der Waals surface area contributed by atoms with Crippen molar-refractivity contribution in [3.05, 3.63) is 29.1 Å². The lowest BCUT2D eigenvalue weighted by atomic mass is 10.1. The quantitative estimate of drug-likeness (QED) is 0.796. The van der Waals surface area contributed by atoms with Gasteiger partial charge in [-0.05, 0) is 38.6 Å². The zero-order chi connectivity index (χ0) is 15.8. The second kappa shape index (κ2) is 6.20. The number of hydrogen-bond donors (Lipinski definition) is 0. The van der Waals surface area contributed by atoms with Gasteiger partial charge in [-0.2, -0.15) is 4.31 Å². The summed E-state index contributed by atoms with van der Waals surface area (Å²) in [5.41, 5.74) is 0.519. The molecule has 1 aromatic carbocycles. The topological polar surface area (TPSA) is 40.6 Å². The molecule has 1 aromatic rings. The van der Waals surface area contributed by atoms with Gasteiger partial charge >= 0.3 is 0 Å². The van der Waals surface area contributed by atoms with Crippen molar-refractivity contribution in [3.8, 4) is 0 Å². The van der Waals surface area contributed by atoms with Crippen LogP contribution in [0.25, 0.3) is 0 Å². The summed E-state index contributed by atoms with van der Waals surface area (Å²) in [6, 6.07) is 2.61. The van der Waals surface area contributed by atoms with Crippen LogP contribution in [0.5, 0.6) is 0 Å². The van der Waals surface area contributed by atoms with Gasteiger partial charge in [-0.3, -0.25) is 0 Å². The summed E-state index contributed by atoms with van der Waals surface area (Å²) in [5, 5.41) is 0. The van der Waals surface area contributed by atoms with Crippen LogP contribution >= 0.6 is 11.6 Å². The number of benzene rings is 1. The van der Waals surface area contributed by atoms with E-state index < -0.39 is 15.8 Å². The number of piperazine rings is 1. The first kappa shape index (κ1) is 16.7. The average Bonchev–Trinajstić information content (AvgIpc) is 2.41. The summed E-state index contributed by atoms with van der Waals surface area (Å²) < 4.78 is 40.9. The third-order valence-electron chi connectivity index (χ3n) is 3.82. The number of nitrogens with zero attached hydrogens (tertiary/aromatic N) is 2. The molecule has 1 atom stereocenters. The molecule has 0 saturated carbocycles. The molecule has 4 nitrogen and oxygen atoms in total. The van der Waals surface area contributed by atoms with Crippen LogP contribution in [-0.2, 0) is 15.9 Å². The molecule has 0 amide bonds. The van der Waals surface area contributed by atoms with E-state index in [0.29, 0.717) is 25.2 Å². The van der Waals surface area contributed by atoms with Crippen molar-refractivity contribution in [2.45, 2.75) is 30.7 Å². The molecule has 7 heteroatoms. The second-order valence-electron chi connectivity index (χ2n) is 5.57. The van der Waals surface area contributed by atoms with Gasteiger partial charge in [0.05, 0.1) is 10.8 Å². The summed E-state index contributed by atoms with van der Waals surface area (Å²) in [6.45, 7) is 5.24. The van der Waals surface area contributed by atoms with Crippen molar-refractivity contribution in [3.63, 3.8) is 0 Å². The molecule has 1 aliphatic heterocycles. The van der Waals surface area contributed by atoms with Crippen molar-refractivity contribution in [2.75, 3.05) is 26.7 Å². The van der Waals surface area contributed by atoms with Crippen LogP contribution in [0, 0.1) is 12.7 Å². The van der Waals surface area contributed by atoms with Crippen LogP contribution in [0.1, 0.15) is 18.1 Å². The fourth-order valence-electron chi connectivity index (χ4n) is 2.67. The third kappa shape index (κ3) is 3.23. The molecular formula is C14H20ClFN2O2S. The van der Waals surface area contributed by atoms with Crippen LogP contribution < -0.4 is 0 Å². The minimum atomic E-state index is -3.63. The molecule has 1 unspecified atom stereocenters. The van der Waals surface area contributed by atoms with Gasteiger partial charge in [0.25, 0.3) is 0 Å². The maximum atomic E-state index is 13.8. The molecule has 118 valence electrons. The average molecular weight is 335 g/mol. The monoisotopic (exact) mass is 334 g/mol. The molecule has 0 aromatic heterocycles. The third-order valence-corrected chi connectivity index (χ3v) is 6.10. The summed E-state index contributed by atoms with van der Waals surface area (Å²) >= 11 is 5.70. The van der Waals surface area contributed by atoms with Crippen molar-refractivity contribution in [1.82, 2.24) is 9.21 Å². The number of sulfonamides is 1. The van der Waals surface area contributed by atoms with E-state index in [9.17, 15) is 12.8 Å². The molecule has 1 aliphatic rings. The van der Waals surface area contributed by atoms with E-state index in [1.807, 2.05) is 14.0 Å². The highest BCUT2D eigenvalue weighted by molar-refractivity contribution is 7.89. The van der Waals surface area contributed by atoms with Crippen molar-refractivity contribution in [2.24, 2.45) is 0 Å². The molecule has 2 rings (SSSR count). The fraction of sp³-hybridized carbons (Fsp3) is 0.571. The first-order valence-electron chi connectivity index (χ1n) is 6.82. The van der Waals surface area contributed by atoms with E-state index in [-0.39, 0.29) is 22.4 Å². The number of hydrogen-bond acceptors (Lipinski definition) is 3. The van der Waals surface area contributed by atoms with E-state index >= 15 is 0 Å². The van der Waals surface area contributed by atoms with Gasteiger partial charge in [0.2, 0.25) is 10.0 Å². The zero-order valence-corrected chi connectivity index (χ0v) is 14.0. The molecule has 1 fully saturated rings.